The van der Waals surface area contributed by atoms with Gasteiger partial charge in [-0.25, -0.2) is 0 Å². The van der Waals surface area contributed by atoms with Crippen molar-refractivity contribution in [1.82, 2.24) is 0 Å². The molecule has 2 aromatic heterocycles. The Morgan fingerprint density at radius 2 is 0.636 bits per heavy atom. The molecule has 0 radical (unpaired) electrons. The maximum Gasteiger partial charge on any atom is 0.139 e. The quantitative estimate of drug-likeness (QED) is 0.142. The summed E-state index contributed by atoms with van der Waals surface area (Å²) in [6, 6.07) is 124. The van der Waals surface area contributed by atoms with Crippen LogP contribution in [-0.2, 0) is 11.8 Å². The van der Waals surface area contributed by atoms with Crippen molar-refractivity contribution in [2.24, 2.45) is 0 Å². The summed E-state index contributed by atoms with van der Waals surface area (Å²) in [5.41, 5.74) is 24.1. The molecule has 1 aliphatic rings. The van der Waals surface area contributed by atoms with Gasteiger partial charge in [-0.2, -0.15) is 0 Å². The number of fused-ring (bicyclic) bond motifs is 18. The largest absolute Gasteiger partial charge is 0.456 e. The van der Waals surface area contributed by atoms with Crippen LogP contribution in [0.2, 0.25) is 0 Å². The fraction of sp³-hybridized carbons (Fsp3) is 0.0309. The topological polar surface area (TPSA) is 26.3 Å². The lowest BCUT2D eigenvalue weighted by molar-refractivity contribution is 0.575. The van der Waals surface area contributed by atoms with E-state index in [0.29, 0.717) is 0 Å². The summed E-state index contributed by atoms with van der Waals surface area (Å²) >= 11 is 0. The third kappa shape index (κ3) is 8.18. The standard InChI is InChI=1S/C97H60O2/c1-97(57-64-48-52-81(95-93-67-28-7-4-24-61(67)51-55-87(93)99-96(64)95)91-78-38-16-14-36-76(78)89(77-37-15-17-39-79(77)91)71-31-9-8-29-69(71)68-40-20-25-59-22-2-5-26-65(59)68)83-42-19-18-30-70(83)82-56-63(49-53-84(82)97)58-44-46-62(47-45-58)88-72-32-10-12-34-74(72)90(75-35-13-11-33-73(75)88)80-41-21-43-85-94(80)92-66-27-6-3-23-60(66)50-54-86(92)98-85/h2-56H,57H2,1H3. The highest BCUT2D eigenvalue weighted by Crippen LogP contribution is 2.56. The second kappa shape index (κ2) is 21.4. The molecule has 0 amide bonds. The molecule has 2 heteroatoms. The first-order chi connectivity index (χ1) is 49.0. The second-order valence-electron chi connectivity index (χ2n) is 27.3. The summed E-state index contributed by atoms with van der Waals surface area (Å²) < 4.78 is 14.1. The van der Waals surface area contributed by atoms with Crippen molar-refractivity contribution in [3.05, 3.63) is 350 Å². The van der Waals surface area contributed by atoms with Crippen LogP contribution in [0.1, 0.15) is 23.6 Å². The highest BCUT2D eigenvalue weighted by molar-refractivity contribution is 6.31. The van der Waals surface area contributed by atoms with Crippen LogP contribution in [0.3, 0.4) is 0 Å². The maximum absolute atomic E-state index is 7.43. The third-order valence-electron chi connectivity index (χ3n) is 22.1. The Bertz CT molecular complexity index is 6720. The lowest BCUT2D eigenvalue weighted by atomic mass is 9.74. The summed E-state index contributed by atoms with van der Waals surface area (Å²) in [6.07, 6.45) is 0.733. The van der Waals surface area contributed by atoms with E-state index in [0.717, 1.165) is 50.3 Å². The first kappa shape index (κ1) is 55.6. The summed E-state index contributed by atoms with van der Waals surface area (Å²) in [4.78, 5) is 0. The summed E-state index contributed by atoms with van der Waals surface area (Å²) in [5.74, 6) is 0. The number of hydrogen-bond donors (Lipinski definition) is 0. The smallest absolute Gasteiger partial charge is 0.139 e. The predicted molar refractivity (Wildman–Crippen MR) is 418 cm³/mol. The highest BCUT2D eigenvalue weighted by atomic mass is 16.3. The van der Waals surface area contributed by atoms with Crippen molar-refractivity contribution < 1.29 is 8.83 Å². The minimum absolute atomic E-state index is 0.388. The normalized spacial score (nSPS) is 13.8. The molecule has 1 unspecified atom stereocenters. The predicted octanol–water partition coefficient (Wildman–Crippen LogP) is 27.1. The summed E-state index contributed by atoms with van der Waals surface area (Å²) in [5, 5.41) is 21.6. The molecule has 460 valence electrons. The molecule has 99 heavy (non-hydrogen) atoms. The second-order valence-corrected chi connectivity index (χ2v) is 27.3. The number of benzene rings is 18. The molecule has 2 heterocycles. The molecule has 0 aliphatic heterocycles. The van der Waals surface area contributed by atoms with Crippen LogP contribution in [-0.4, -0.2) is 0 Å². The zero-order valence-corrected chi connectivity index (χ0v) is 54.3. The monoisotopic (exact) mass is 1260 g/mol. The molecule has 0 fully saturated rings. The molecular weight excluding hydrogens is 1200 g/mol. The molecule has 0 saturated heterocycles. The fourth-order valence-electron chi connectivity index (χ4n) is 17.8. The Hall–Kier alpha value is -12.6. The van der Waals surface area contributed by atoms with E-state index in [1.807, 2.05) is 0 Å². The molecule has 20 aromatic rings. The van der Waals surface area contributed by atoms with Gasteiger partial charge in [0.25, 0.3) is 0 Å². The third-order valence-corrected chi connectivity index (χ3v) is 22.1. The Balaban J connectivity index is 0.692. The van der Waals surface area contributed by atoms with Crippen molar-refractivity contribution in [3.63, 3.8) is 0 Å². The van der Waals surface area contributed by atoms with E-state index in [1.54, 1.807) is 0 Å². The van der Waals surface area contributed by atoms with Gasteiger partial charge in [-0.15, -0.1) is 0 Å². The average Bonchev–Trinajstić information content (AvgIpc) is 1.69. The maximum atomic E-state index is 7.43. The van der Waals surface area contributed by atoms with Gasteiger partial charge in [-0.05, 0) is 201 Å². The Morgan fingerprint density at radius 1 is 0.232 bits per heavy atom. The summed E-state index contributed by atoms with van der Waals surface area (Å²) in [6.45, 7) is 2.46. The average molecular weight is 1260 g/mol. The van der Waals surface area contributed by atoms with Gasteiger partial charge in [0.2, 0.25) is 0 Å². The van der Waals surface area contributed by atoms with E-state index in [1.165, 1.54) is 170 Å². The Kier molecular flexibility index (Phi) is 12.1. The van der Waals surface area contributed by atoms with Gasteiger partial charge in [0, 0.05) is 27.0 Å². The van der Waals surface area contributed by atoms with Gasteiger partial charge in [-0.1, -0.05) is 316 Å². The van der Waals surface area contributed by atoms with Crippen molar-refractivity contribution >= 4 is 119 Å². The van der Waals surface area contributed by atoms with Gasteiger partial charge in [0.15, 0.2) is 0 Å². The van der Waals surface area contributed by atoms with Gasteiger partial charge in [0.05, 0.1) is 0 Å². The van der Waals surface area contributed by atoms with E-state index in [2.05, 4.69) is 341 Å². The molecule has 0 spiro atoms. The molecule has 0 saturated carbocycles. The van der Waals surface area contributed by atoms with Gasteiger partial charge in [-0.3, -0.25) is 0 Å². The molecule has 1 atom stereocenters. The minimum atomic E-state index is -0.388. The van der Waals surface area contributed by atoms with Gasteiger partial charge < -0.3 is 8.83 Å². The molecule has 2 nitrogen and oxygen atoms in total. The van der Waals surface area contributed by atoms with Crippen molar-refractivity contribution in [2.45, 2.75) is 18.8 Å². The van der Waals surface area contributed by atoms with Crippen LogP contribution >= 0.6 is 0 Å². The Morgan fingerprint density at radius 3 is 1.25 bits per heavy atom. The van der Waals surface area contributed by atoms with Gasteiger partial charge in [0.1, 0.15) is 22.3 Å². The van der Waals surface area contributed by atoms with Gasteiger partial charge >= 0.3 is 0 Å². The number of furan rings is 2. The van der Waals surface area contributed by atoms with Crippen molar-refractivity contribution in [3.8, 4) is 77.9 Å². The van der Waals surface area contributed by atoms with Crippen LogP contribution in [0.15, 0.2) is 342 Å². The SMILES string of the molecule is CC1(Cc2ccc(-c3c4ccccc4c(-c4ccccc4-c4cccc5ccccc45)c4ccccc34)c3c2oc2ccc4ccccc4c23)c2ccccc2-c2cc(-c3ccc(-c4c5ccccc5c(-c5cccc6oc7ccc8ccccc8c7c56)c5ccccc45)cc3)ccc21. The first-order valence-corrected chi connectivity index (χ1v) is 34.5. The fourth-order valence-corrected chi connectivity index (χ4v) is 17.8. The van der Waals surface area contributed by atoms with E-state index in [4.69, 9.17) is 8.83 Å². The van der Waals surface area contributed by atoms with Crippen molar-refractivity contribution in [2.75, 3.05) is 0 Å². The van der Waals surface area contributed by atoms with E-state index in [-0.39, 0.29) is 5.41 Å². The molecule has 21 rings (SSSR count). The van der Waals surface area contributed by atoms with Crippen molar-refractivity contribution in [1.29, 1.82) is 0 Å². The summed E-state index contributed by atoms with van der Waals surface area (Å²) in [7, 11) is 0. The highest BCUT2D eigenvalue weighted by Gasteiger charge is 2.41. The van der Waals surface area contributed by atoms with E-state index >= 15 is 0 Å². The van der Waals surface area contributed by atoms with Crippen LogP contribution < -0.4 is 0 Å². The number of hydrogen-bond acceptors (Lipinski definition) is 2. The Labute approximate surface area is 571 Å². The zero-order chi connectivity index (χ0) is 65.0. The van der Waals surface area contributed by atoms with E-state index in [9.17, 15) is 0 Å². The molecule has 0 N–H and O–H groups in total. The zero-order valence-electron chi connectivity index (χ0n) is 54.3. The molecular formula is C97H60O2. The van der Waals surface area contributed by atoms with Crippen LogP contribution in [0.25, 0.3) is 197 Å². The number of rotatable bonds is 8. The van der Waals surface area contributed by atoms with Crippen LogP contribution in [0.5, 0.6) is 0 Å². The van der Waals surface area contributed by atoms with Crippen LogP contribution in [0.4, 0.5) is 0 Å². The first-order valence-electron chi connectivity index (χ1n) is 34.5. The molecule has 1 aliphatic carbocycles. The lowest BCUT2D eigenvalue weighted by Crippen LogP contribution is -2.24. The molecule has 18 aromatic carbocycles. The van der Waals surface area contributed by atoms with E-state index < -0.39 is 0 Å². The minimum Gasteiger partial charge on any atom is -0.456 e. The lowest BCUT2D eigenvalue weighted by Gasteiger charge is -2.28. The van der Waals surface area contributed by atoms with Crippen LogP contribution in [0, 0.1) is 0 Å². The molecule has 0 bridgehead atoms.